The number of anilines is 2. The van der Waals surface area contributed by atoms with Gasteiger partial charge in [0.1, 0.15) is 0 Å². The molecule has 0 amide bonds. The Labute approximate surface area is 298 Å². The molecule has 9 aromatic rings. The SMILES string of the molecule is c1ccc(-c2ccc3c(c2)CC(c2ccccc2)CN3c2ccc(-c3cccc(-n4c5ccccc5c5c6ccccc6ccc54)c3)cc2)cc1. The summed E-state index contributed by atoms with van der Waals surface area (Å²) in [5.41, 5.74) is 13.9. The van der Waals surface area contributed by atoms with Crippen LogP contribution in [0.1, 0.15) is 17.0 Å². The molecule has 0 spiro atoms. The highest BCUT2D eigenvalue weighted by Crippen LogP contribution is 2.42. The Morgan fingerprint density at radius 1 is 0.431 bits per heavy atom. The maximum Gasteiger partial charge on any atom is 0.0547 e. The van der Waals surface area contributed by atoms with Crippen LogP contribution in [0, 0.1) is 0 Å². The van der Waals surface area contributed by atoms with Gasteiger partial charge in [0.15, 0.2) is 0 Å². The normalized spacial score (nSPS) is 14.3. The molecule has 0 radical (unpaired) electrons. The zero-order chi connectivity index (χ0) is 33.7. The van der Waals surface area contributed by atoms with Crippen LogP contribution in [-0.4, -0.2) is 11.1 Å². The van der Waals surface area contributed by atoms with E-state index in [1.807, 2.05) is 0 Å². The molecule has 1 unspecified atom stereocenters. The third-order valence-electron chi connectivity index (χ3n) is 10.8. The van der Waals surface area contributed by atoms with E-state index in [1.54, 1.807) is 0 Å². The molecule has 0 aliphatic carbocycles. The number of benzene rings is 8. The Balaban J connectivity index is 1.03. The highest BCUT2D eigenvalue weighted by atomic mass is 15.1. The Morgan fingerprint density at radius 3 is 1.94 bits per heavy atom. The molecular weight excluding hydrogens is 617 g/mol. The van der Waals surface area contributed by atoms with E-state index in [0.29, 0.717) is 5.92 Å². The summed E-state index contributed by atoms with van der Waals surface area (Å²) < 4.78 is 2.42. The molecule has 0 bridgehead atoms. The average Bonchev–Trinajstić information content (AvgIpc) is 3.56. The highest BCUT2D eigenvalue weighted by molar-refractivity contribution is 6.21. The van der Waals surface area contributed by atoms with Crippen molar-refractivity contribution in [3.8, 4) is 27.9 Å². The van der Waals surface area contributed by atoms with Crippen LogP contribution in [0.2, 0.25) is 0 Å². The predicted molar refractivity (Wildman–Crippen MR) is 215 cm³/mol. The van der Waals surface area contributed by atoms with Crippen LogP contribution in [-0.2, 0) is 6.42 Å². The molecule has 0 saturated heterocycles. The summed E-state index contributed by atoms with van der Waals surface area (Å²) in [6, 6.07) is 69.0. The van der Waals surface area contributed by atoms with Crippen molar-refractivity contribution in [1.82, 2.24) is 4.57 Å². The van der Waals surface area contributed by atoms with Gasteiger partial charge in [-0.25, -0.2) is 0 Å². The van der Waals surface area contributed by atoms with E-state index in [4.69, 9.17) is 0 Å². The Hall–Kier alpha value is -6.38. The van der Waals surface area contributed by atoms with E-state index < -0.39 is 0 Å². The Morgan fingerprint density at radius 2 is 1.10 bits per heavy atom. The molecule has 1 aromatic heterocycles. The zero-order valence-corrected chi connectivity index (χ0v) is 28.3. The van der Waals surface area contributed by atoms with Crippen LogP contribution in [0.15, 0.2) is 188 Å². The summed E-state index contributed by atoms with van der Waals surface area (Å²) in [4.78, 5) is 2.52. The molecule has 0 N–H and O–H groups in total. The topological polar surface area (TPSA) is 8.17 Å². The van der Waals surface area contributed by atoms with Crippen molar-refractivity contribution < 1.29 is 0 Å². The average molecular weight is 653 g/mol. The lowest BCUT2D eigenvalue weighted by molar-refractivity contribution is 0.653. The summed E-state index contributed by atoms with van der Waals surface area (Å²) in [7, 11) is 0. The summed E-state index contributed by atoms with van der Waals surface area (Å²) >= 11 is 0. The van der Waals surface area contributed by atoms with E-state index >= 15 is 0 Å². The molecule has 8 aromatic carbocycles. The van der Waals surface area contributed by atoms with Crippen molar-refractivity contribution >= 4 is 44.0 Å². The summed E-state index contributed by atoms with van der Waals surface area (Å²) in [5, 5.41) is 5.15. The molecule has 1 aliphatic rings. The number of fused-ring (bicyclic) bond motifs is 6. The zero-order valence-electron chi connectivity index (χ0n) is 28.3. The van der Waals surface area contributed by atoms with Crippen LogP contribution in [0.3, 0.4) is 0 Å². The lowest BCUT2D eigenvalue weighted by Gasteiger charge is -2.37. The number of aromatic nitrogens is 1. The number of nitrogens with zero attached hydrogens (tertiary/aromatic N) is 2. The minimum atomic E-state index is 0.407. The smallest absolute Gasteiger partial charge is 0.0547 e. The van der Waals surface area contributed by atoms with Crippen molar-refractivity contribution in [2.75, 3.05) is 11.4 Å². The lowest BCUT2D eigenvalue weighted by Crippen LogP contribution is -2.30. The Kier molecular flexibility index (Phi) is 7.06. The second-order valence-electron chi connectivity index (χ2n) is 13.8. The van der Waals surface area contributed by atoms with Gasteiger partial charge >= 0.3 is 0 Å². The van der Waals surface area contributed by atoms with E-state index in [-0.39, 0.29) is 0 Å². The molecule has 10 rings (SSSR count). The maximum absolute atomic E-state index is 2.52. The molecular formula is C49H36N2. The molecule has 2 nitrogen and oxygen atoms in total. The van der Waals surface area contributed by atoms with Gasteiger partial charge in [-0.05, 0) is 99.1 Å². The standard InChI is InChI=1S/C49H36N2/c1-3-12-34(13-4-1)39-25-28-46-40(30-39)31-41(35-14-5-2-6-15-35)33-50(46)42-26-22-36(23-27-42)38-17-11-18-43(32-38)51-47-21-10-9-20-45(47)49-44-19-8-7-16-37(44)24-29-48(49)51/h1-30,32,41H,31,33H2. The van der Waals surface area contributed by atoms with Gasteiger partial charge in [-0.2, -0.15) is 0 Å². The lowest BCUT2D eigenvalue weighted by atomic mass is 9.85. The van der Waals surface area contributed by atoms with Crippen molar-refractivity contribution in [3.63, 3.8) is 0 Å². The first-order valence-electron chi connectivity index (χ1n) is 17.9. The van der Waals surface area contributed by atoms with Gasteiger partial charge in [0.25, 0.3) is 0 Å². The summed E-state index contributed by atoms with van der Waals surface area (Å²) in [6.45, 7) is 0.943. The fourth-order valence-electron chi connectivity index (χ4n) is 8.34. The molecule has 1 atom stereocenters. The van der Waals surface area contributed by atoms with Crippen molar-refractivity contribution in [1.29, 1.82) is 0 Å². The molecule has 2 heterocycles. The monoisotopic (exact) mass is 652 g/mol. The largest absolute Gasteiger partial charge is 0.341 e. The third-order valence-corrected chi connectivity index (χ3v) is 10.8. The highest BCUT2D eigenvalue weighted by Gasteiger charge is 2.27. The van der Waals surface area contributed by atoms with Gasteiger partial charge in [-0.3, -0.25) is 0 Å². The van der Waals surface area contributed by atoms with Crippen molar-refractivity contribution in [2.24, 2.45) is 0 Å². The number of hydrogen-bond acceptors (Lipinski definition) is 1. The van der Waals surface area contributed by atoms with E-state index in [9.17, 15) is 0 Å². The van der Waals surface area contributed by atoms with Crippen molar-refractivity contribution in [2.45, 2.75) is 12.3 Å². The van der Waals surface area contributed by atoms with Gasteiger partial charge in [-0.1, -0.05) is 140 Å². The van der Waals surface area contributed by atoms with Crippen LogP contribution < -0.4 is 4.90 Å². The number of rotatable bonds is 5. The minimum Gasteiger partial charge on any atom is -0.341 e. The van der Waals surface area contributed by atoms with Crippen molar-refractivity contribution in [3.05, 3.63) is 199 Å². The molecule has 51 heavy (non-hydrogen) atoms. The summed E-state index contributed by atoms with van der Waals surface area (Å²) in [5.74, 6) is 0.407. The first kappa shape index (κ1) is 29.5. The third kappa shape index (κ3) is 5.11. The fraction of sp³-hybridized carbons (Fsp3) is 0.0612. The second kappa shape index (κ2) is 12.2. The van der Waals surface area contributed by atoms with E-state index in [1.165, 1.54) is 83.0 Å². The fourth-order valence-corrected chi connectivity index (χ4v) is 8.34. The van der Waals surface area contributed by atoms with Crippen LogP contribution >= 0.6 is 0 Å². The van der Waals surface area contributed by atoms with E-state index in [0.717, 1.165) is 13.0 Å². The van der Waals surface area contributed by atoms with Crippen LogP contribution in [0.25, 0.3) is 60.5 Å². The molecule has 1 aliphatic heterocycles. The van der Waals surface area contributed by atoms with Gasteiger partial charge in [0.05, 0.1) is 11.0 Å². The van der Waals surface area contributed by atoms with Crippen LogP contribution in [0.5, 0.6) is 0 Å². The summed E-state index contributed by atoms with van der Waals surface area (Å²) in [6.07, 6.45) is 1.03. The quantitative estimate of drug-likeness (QED) is 0.180. The molecule has 0 fully saturated rings. The number of para-hydroxylation sites is 1. The number of hydrogen-bond donors (Lipinski definition) is 0. The molecule has 0 saturated carbocycles. The minimum absolute atomic E-state index is 0.407. The van der Waals surface area contributed by atoms with Gasteiger partial charge in [-0.15, -0.1) is 0 Å². The van der Waals surface area contributed by atoms with Gasteiger partial charge in [0.2, 0.25) is 0 Å². The molecule has 2 heteroatoms. The first-order chi connectivity index (χ1) is 25.3. The van der Waals surface area contributed by atoms with Gasteiger partial charge in [0, 0.05) is 40.3 Å². The first-order valence-corrected chi connectivity index (χ1v) is 17.9. The second-order valence-corrected chi connectivity index (χ2v) is 13.8. The maximum atomic E-state index is 2.52. The Bertz CT molecular complexity index is 2690. The predicted octanol–water partition coefficient (Wildman–Crippen LogP) is 12.7. The molecule has 242 valence electrons. The van der Waals surface area contributed by atoms with E-state index in [2.05, 4.69) is 198 Å². The van der Waals surface area contributed by atoms with Crippen LogP contribution in [0.4, 0.5) is 11.4 Å². The van der Waals surface area contributed by atoms with Gasteiger partial charge < -0.3 is 9.47 Å².